The van der Waals surface area contributed by atoms with Gasteiger partial charge >= 0.3 is 5.97 Å². The Morgan fingerprint density at radius 3 is 2.50 bits per heavy atom. The van der Waals surface area contributed by atoms with E-state index in [0.29, 0.717) is 29.3 Å². The lowest BCUT2D eigenvalue weighted by molar-refractivity contribution is -0.116. The highest BCUT2D eigenvalue weighted by molar-refractivity contribution is 5.93. The van der Waals surface area contributed by atoms with E-state index >= 15 is 0 Å². The quantitative estimate of drug-likeness (QED) is 0.706. The molecule has 0 atom stereocenters. The summed E-state index contributed by atoms with van der Waals surface area (Å²) in [6, 6.07) is 12.1. The second-order valence-corrected chi connectivity index (χ2v) is 5.36. The van der Waals surface area contributed by atoms with Crippen LogP contribution in [0.25, 0.3) is 0 Å². The van der Waals surface area contributed by atoms with Crippen molar-refractivity contribution >= 4 is 23.3 Å². The van der Waals surface area contributed by atoms with Gasteiger partial charge in [-0.05, 0) is 30.3 Å². The highest BCUT2D eigenvalue weighted by Gasteiger charge is 2.09. The van der Waals surface area contributed by atoms with Crippen LogP contribution in [0, 0.1) is 0 Å². The fourth-order valence-electron chi connectivity index (χ4n) is 2.31. The Bertz CT molecular complexity index is 776. The SMILES string of the molecule is COC(=O)c1cccc(NCCC(=O)Nc2ccc(OC)cc2OC)c1. The Hall–Kier alpha value is -3.22. The molecule has 0 aliphatic carbocycles. The van der Waals surface area contributed by atoms with Gasteiger partial charge in [-0.15, -0.1) is 0 Å². The molecule has 7 heteroatoms. The summed E-state index contributed by atoms with van der Waals surface area (Å²) < 4.78 is 15.1. The van der Waals surface area contributed by atoms with E-state index in [4.69, 9.17) is 9.47 Å². The number of amides is 1. The van der Waals surface area contributed by atoms with Crippen molar-refractivity contribution in [3.05, 3.63) is 48.0 Å². The highest BCUT2D eigenvalue weighted by Crippen LogP contribution is 2.29. The number of hydrogen-bond donors (Lipinski definition) is 2. The van der Waals surface area contributed by atoms with Crippen molar-refractivity contribution in [1.82, 2.24) is 0 Å². The van der Waals surface area contributed by atoms with Gasteiger partial charge in [0.25, 0.3) is 0 Å². The molecule has 0 aromatic heterocycles. The maximum atomic E-state index is 12.1. The monoisotopic (exact) mass is 358 g/mol. The summed E-state index contributed by atoms with van der Waals surface area (Å²) in [5.41, 5.74) is 1.76. The van der Waals surface area contributed by atoms with E-state index in [1.165, 1.54) is 14.2 Å². The normalized spacial score (nSPS) is 9.96. The molecule has 0 aliphatic heterocycles. The Kier molecular flexibility index (Phi) is 6.84. The molecule has 0 heterocycles. The molecule has 2 aromatic carbocycles. The first-order valence-electron chi connectivity index (χ1n) is 8.01. The maximum Gasteiger partial charge on any atom is 0.337 e. The van der Waals surface area contributed by atoms with Crippen molar-refractivity contribution in [2.24, 2.45) is 0 Å². The minimum Gasteiger partial charge on any atom is -0.497 e. The van der Waals surface area contributed by atoms with Crippen LogP contribution in [0.4, 0.5) is 11.4 Å². The molecule has 0 bridgehead atoms. The molecule has 26 heavy (non-hydrogen) atoms. The molecule has 0 saturated carbocycles. The maximum absolute atomic E-state index is 12.1. The average Bonchev–Trinajstić information content (AvgIpc) is 2.67. The van der Waals surface area contributed by atoms with Crippen molar-refractivity contribution in [1.29, 1.82) is 0 Å². The number of anilines is 2. The summed E-state index contributed by atoms with van der Waals surface area (Å²) in [4.78, 5) is 23.7. The average molecular weight is 358 g/mol. The van der Waals surface area contributed by atoms with Gasteiger partial charge in [0, 0.05) is 24.7 Å². The molecule has 138 valence electrons. The Balaban J connectivity index is 1.89. The van der Waals surface area contributed by atoms with Gasteiger partial charge in [0.1, 0.15) is 11.5 Å². The first-order valence-corrected chi connectivity index (χ1v) is 8.01. The molecular formula is C19H22N2O5. The van der Waals surface area contributed by atoms with Crippen LogP contribution in [0.3, 0.4) is 0 Å². The third kappa shape index (κ3) is 5.14. The number of carbonyl (C=O) groups excluding carboxylic acids is 2. The largest absolute Gasteiger partial charge is 0.497 e. The summed E-state index contributed by atoms with van der Waals surface area (Å²) >= 11 is 0. The summed E-state index contributed by atoms with van der Waals surface area (Å²) in [6.07, 6.45) is 0.248. The van der Waals surface area contributed by atoms with Crippen LogP contribution in [-0.2, 0) is 9.53 Å². The molecule has 0 unspecified atom stereocenters. The van der Waals surface area contributed by atoms with E-state index < -0.39 is 5.97 Å². The Labute approximate surface area is 152 Å². The topological polar surface area (TPSA) is 85.9 Å². The first-order chi connectivity index (χ1) is 12.6. The number of methoxy groups -OCH3 is 3. The number of hydrogen-bond acceptors (Lipinski definition) is 6. The molecular weight excluding hydrogens is 336 g/mol. The lowest BCUT2D eigenvalue weighted by atomic mass is 10.2. The van der Waals surface area contributed by atoms with Gasteiger partial charge in [0.2, 0.25) is 5.91 Å². The second-order valence-electron chi connectivity index (χ2n) is 5.36. The zero-order valence-corrected chi connectivity index (χ0v) is 15.0. The smallest absolute Gasteiger partial charge is 0.337 e. The van der Waals surface area contributed by atoms with E-state index in [-0.39, 0.29) is 12.3 Å². The van der Waals surface area contributed by atoms with Gasteiger partial charge in [-0.25, -0.2) is 4.79 Å². The van der Waals surface area contributed by atoms with Gasteiger partial charge in [0.05, 0.1) is 32.6 Å². The molecule has 0 saturated heterocycles. The van der Waals surface area contributed by atoms with E-state index in [0.717, 1.165) is 5.69 Å². The van der Waals surface area contributed by atoms with Crippen LogP contribution < -0.4 is 20.1 Å². The first kappa shape index (κ1) is 19.1. The fraction of sp³-hybridized carbons (Fsp3) is 0.263. The lowest BCUT2D eigenvalue weighted by Gasteiger charge is -2.12. The number of ether oxygens (including phenoxy) is 3. The number of nitrogens with one attached hydrogen (secondary N) is 2. The summed E-state index contributed by atoms with van der Waals surface area (Å²) in [7, 11) is 4.42. The van der Waals surface area contributed by atoms with Crippen LogP contribution >= 0.6 is 0 Å². The van der Waals surface area contributed by atoms with E-state index in [1.807, 2.05) is 6.07 Å². The molecule has 2 rings (SSSR count). The molecule has 0 aliphatic rings. The van der Waals surface area contributed by atoms with Crippen molar-refractivity contribution in [3.63, 3.8) is 0 Å². The standard InChI is InChI=1S/C19H22N2O5/c1-24-15-7-8-16(17(12-15)25-2)21-18(22)9-10-20-14-6-4-5-13(11-14)19(23)26-3/h4-8,11-12,20H,9-10H2,1-3H3,(H,21,22). The van der Waals surface area contributed by atoms with E-state index in [2.05, 4.69) is 15.4 Å². The fourth-order valence-corrected chi connectivity index (χ4v) is 2.31. The van der Waals surface area contributed by atoms with Crippen molar-refractivity contribution < 1.29 is 23.8 Å². The van der Waals surface area contributed by atoms with Crippen LogP contribution in [0.2, 0.25) is 0 Å². The second kappa shape index (κ2) is 9.31. The third-order valence-electron chi connectivity index (χ3n) is 3.65. The lowest BCUT2D eigenvalue weighted by Crippen LogP contribution is -2.16. The van der Waals surface area contributed by atoms with Gasteiger partial charge in [-0.2, -0.15) is 0 Å². The van der Waals surface area contributed by atoms with Crippen LogP contribution in [-0.4, -0.2) is 39.8 Å². The van der Waals surface area contributed by atoms with Gasteiger partial charge in [0.15, 0.2) is 0 Å². The molecule has 7 nitrogen and oxygen atoms in total. The zero-order valence-electron chi connectivity index (χ0n) is 15.0. The predicted octanol–water partition coefficient (Wildman–Crippen LogP) is 2.93. The van der Waals surface area contributed by atoms with Gasteiger partial charge < -0.3 is 24.8 Å². The summed E-state index contributed by atoms with van der Waals surface area (Å²) in [5, 5.41) is 5.91. The minimum atomic E-state index is -0.405. The number of esters is 1. The van der Waals surface area contributed by atoms with Gasteiger partial charge in [-0.3, -0.25) is 4.79 Å². The molecule has 0 fully saturated rings. The van der Waals surface area contributed by atoms with Crippen molar-refractivity contribution in [2.45, 2.75) is 6.42 Å². The van der Waals surface area contributed by atoms with Crippen LogP contribution in [0.5, 0.6) is 11.5 Å². The molecule has 0 spiro atoms. The number of carbonyl (C=O) groups is 2. The van der Waals surface area contributed by atoms with Crippen molar-refractivity contribution in [2.75, 3.05) is 38.5 Å². The predicted molar refractivity (Wildman–Crippen MR) is 99.1 cm³/mol. The molecule has 1 amide bonds. The number of benzene rings is 2. The van der Waals surface area contributed by atoms with E-state index in [9.17, 15) is 9.59 Å². The van der Waals surface area contributed by atoms with Crippen molar-refractivity contribution in [3.8, 4) is 11.5 Å². The summed E-state index contributed by atoms with van der Waals surface area (Å²) in [6.45, 7) is 0.412. The Morgan fingerprint density at radius 2 is 1.81 bits per heavy atom. The van der Waals surface area contributed by atoms with Gasteiger partial charge in [-0.1, -0.05) is 6.07 Å². The van der Waals surface area contributed by atoms with Crippen LogP contribution in [0.15, 0.2) is 42.5 Å². The zero-order chi connectivity index (χ0) is 18.9. The van der Waals surface area contributed by atoms with Crippen LogP contribution in [0.1, 0.15) is 16.8 Å². The third-order valence-corrected chi connectivity index (χ3v) is 3.65. The highest BCUT2D eigenvalue weighted by atomic mass is 16.5. The number of rotatable bonds is 8. The van der Waals surface area contributed by atoms with E-state index in [1.54, 1.807) is 43.5 Å². The Morgan fingerprint density at radius 1 is 1.00 bits per heavy atom. The molecule has 2 N–H and O–H groups in total. The molecule has 2 aromatic rings. The minimum absolute atomic E-state index is 0.162. The molecule has 0 radical (unpaired) electrons. The summed E-state index contributed by atoms with van der Waals surface area (Å²) in [5.74, 6) is 0.603.